The standard InChI is InChI=1S/C13H11NO2S.C10H22O.C3H4N2O.C2H6/c1-8-3-6-12(17-8)9-4-5-11-10(7-9)14(2)13(15)16-11;1-4-8-11-9-6-7-10(3)5-2;4-1-2-5-3-6;1-2/h3-7H,1-2H3;10H,4-9H2,1-3H3;3H,2H2,(H,5,6);1-2H3. The van der Waals surface area contributed by atoms with Gasteiger partial charge in [-0.1, -0.05) is 41.0 Å². The number of carbonyl (C=O) groups is 1. The molecular weight excluding hydrogens is 474 g/mol. The quantitative estimate of drug-likeness (QED) is 0.184. The lowest BCUT2D eigenvalue weighted by molar-refractivity contribution is -0.109. The summed E-state index contributed by atoms with van der Waals surface area (Å²) in [4.78, 5) is 23.2. The molecule has 0 aliphatic heterocycles. The molecule has 1 N–H and O–H groups in total. The van der Waals surface area contributed by atoms with E-state index in [1.54, 1.807) is 24.5 Å². The fraction of sp³-hybridized carbons (Fsp3) is 0.536. The minimum Gasteiger partial charge on any atom is -0.408 e. The molecule has 1 amide bonds. The van der Waals surface area contributed by atoms with Crippen molar-refractivity contribution in [3.63, 3.8) is 0 Å². The van der Waals surface area contributed by atoms with Crippen LogP contribution in [-0.4, -0.2) is 30.7 Å². The second kappa shape index (κ2) is 20.3. The first-order valence-electron chi connectivity index (χ1n) is 12.7. The Balaban J connectivity index is 0.000000559. The third-order valence-electron chi connectivity index (χ3n) is 5.11. The van der Waals surface area contributed by atoms with Crippen molar-refractivity contribution in [1.82, 2.24) is 9.88 Å². The first-order chi connectivity index (χ1) is 17.4. The summed E-state index contributed by atoms with van der Waals surface area (Å²) in [6.07, 6.45) is 5.48. The maximum absolute atomic E-state index is 11.4. The SMILES string of the molecule is CC.CCCOCCCC(C)CC.Cc1ccc(-c2ccc3oc(=O)n(C)c3c2)s1.N#CCNC=O. The minimum absolute atomic E-state index is 0.101. The Kier molecular flexibility index (Phi) is 18.7. The molecule has 8 heteroatoms. The molecule has 36 heavy (non-hydrogen) atoms. The average Bonchev–Trinajstić information content (AvgIpc) is 3.46. The zero-order valence-corrected chi connectivity index (χ0v) is 23.7. The highest BCUT2D eigenvalue weighted by molar-refractivity contribution is 7.15. The molecule has 1 atom stereocenters. The van der Waals surface area contributed by atoms with Crippen LogP contribution in [0, 0.1) is 24.2 Å². The predicted octanol–water partition coefficient (Wildman–Crippen LogP) is 6.69. The number of carbonyl (C=O) groups excluding carboxylic acids is 1. The number of benzene rings is 1. The highest BCUT2D eigenvalue weighted by atomic mass is 32.1. The number of aryl methyl sites for hydroxylation is 2. The van der Waals surface area contributed by atoms with Crippen molar-refractivity contribution in [2.45, 2.75) is 67.2 Å². The van der Waals surface area contributed by atoms with Crippen LogP contribution in [0.3, 0.4) is 0 Å². The normalized spacial score (nSPS) is 10.5. The molecule has 0 aliphatic carbocycles. The number of nitrogens with one attached hydrogen (secondary N) is 1. The molecule has 7 nitrogen and oxygen atoms in total. The number of hydrogen-bond acceptors (Lipinski definition) is 6. The fourth-order valence-electron chi connectivity index (χ4n) is 2.94. The van der Waals surface area contributed by atoms with E-state index in [-0.39, 0.29) is 12.3 Å². The van der Waals surface area contributed by atoms with Gasteiger partial charge in [0.15, 0.2) is 5.58 Å². The second-order valence-electron chi connectivity index (χ2n) is 7.94. The van der Waals surface area contributed by atoms with Gasteiger partial charge < -0.3 is 14.5 Å². The van der Waals surface area contributed by atoms with Gasteiger partial charge in [-0.25, -0.2) is 4.79 Å². The molecule has 3 aromatic rings. The van der Waals surface area contributed by atoms with Gasteiger partial charge in [-0.2, -0.15) is 5.26 Å². The molecule has 0 saturated carbocycles. The topological polar surface area (TPSA) is 97.3 Å². The van der Waals surface area contributed by atoms with E-state index in [1.165, 1.54) is 33.6 Å². The molecule has 2 heterocycles. The number of amides is 1. The Morgan fingerprint density at radius 2 is 1.94 bits per heavy atom. The van der Waals surface area contributed by atoms with Crippen LogP contribution >= 0.6 is 11.3 Å². The summed E-state index contributed by atoms with van der Waals surface area (Å²) in [7, 11) is 1.72. The van der Waals surface area contributed by atoms with Crippen LogP contribution in [-0.2, 0) is 16.6 Å². The number of nitriles is 1. The second-order valence-corrected chi connectivity index (χ2v) is 9.23. The number of oxazole rings is 1. The van der Waals surface area contributed by atoms with E-state index in [1.807, 2.05) is 32.0 Å². The van der Waals surface area contributed by atoms with Gasteiger partial charge in [0.1, 0.15) is 6.54 Å². The van der Waals surface area contributed by atoms with Crippen LogP contribution in [0.4, 0.5) is 0 Å². The van der Waals surface area contributed by atoms with Gasteiger partial charge in [-0.05, 0) is 68.0 Å². The molecule has 200 valence electrons. The van der Waals surface area contributed by atoms with Crippen molar-refractivity contribution in [3.05, 3.63) is 45.8 Å². The smallest absolute Gasteiger partial charge is 0.408 e. The van der Waals surface area contributed by atoms with Gasteiger partial charge in [0.25, 0.3) is 0 Å². The third-order valence-corrected chi connectivity index (χ3v) is 6.16. The summed E-state index contributed by atoms with van der Waals surface area (Å²) in [6, 6.07) is 11.7. The van der Waals surface area contributed by atoms with Crippen LogP contribution in [0.5, 0.6) is 0 Å². The monoisotopic (exact) mass is 517 g/mol. The first kappa shape index (κ1) is 33.1. The predicted molar refractivity (Wildman–Crippen MR) is 150 cm³/mol. The summed E-state index contributed by atoms with van der Waals surface area (Å²) >= 11 is 1.74. The Morgan fingerprint density at radius 1 is 1.22 bits per heavy atom. The summed E-state index contributed by atoms with van der Waals surface area (Å²) in [5.74, 6) is 0.555. The first-order valence-corrected chi connectivity index (χ1v) is 13.5. The molecule has 0 aliphatic rings. The number of ether oxygens (including phenoxy) is 1. The van der Waals surface area contributed by atoms with E-state index in [4.69, 9.17) is 14.4 Å². The number of aromatic nitrogens is 1. The summed E-state index contributed by atoms with van der Waals surface area (Å²) in [5, 5.41) is 9.88. The largest absolute Gasteiger partial charge is 0.419 e. The number of thiophene rings is 1. The van der Waals surface area contributed by atoms with Crippen LogP contribution in [0.25, 0.3) is 21.5 Å². The fourth-order valence-corrected chi connectivity index (χ4v) is 3.81. The van der Waals surface area contributed by atoms with Crippen molar-refractivity contribution in [3.8, 4) is 16.5 Å². The van der Waals surface area contributed by atoms with E-state index in [2.05, 4.69) is 45.1 Å². The maximum atomic E-state index is 11.4. The summed E-state index contributed by atoms with van der Waals surface area (Å²) in [5.41, 5.74) is 2.58. The van der Waals surface area contributed by atoms with E-state index in [9.17, 15) is 9.59 Å². The molecule has 0 spiro atoms. The minimum atomic E-state index is -0.320. The molecule has 0 saturated heterocycles. The number of nitrogens with zero attached hydrogens (tertiary/aromatic N) is 2. The number of fused-ring (bicyclic) bond motifs is 1. The van der Waals surface area contributed by atoms with Gasteiger partial charge in [-0.3, -0.25) is 9.36 Å². The van der Waals surface area contributed by atoms with Crippen LogP contribution in [0.1, 0.15) is 65.2 Å². The average molecular weight is 518 g/mol. The molecule has 0 bridgehead atoms. The molecule has 0 fully saturated rings. The lowest BCUT2D eigenvalue weighted by Crippen LogP contribution is -2.09. The highest BCUT2D eigenvalue weighted by Crippen LogP contribution is 2.29. The number of hydrogen-bond donors (Lipinski definition) is 1. The van der Waals surface area contributed by atoms with Crippen LogP contribution < -0.4 is 11.1 Å². The maximum Gasteiger partial charge on any atom is 0.419 e. The Bertz CT molecular complexity index is 1080. The lowest BCUT2D eigenvalue weighted by atomic mass is 10.0. The Morgan fingerprint density at radius 3 is 2.47 bits per heavy atom. The molecule has 1 unspecified atom stereocenters. The molecule has 3 rings (SSSR count). The van der Waals surface area contributed by atoms with E-state index < -0.39 is 0 Å². The molecule has 0 radical (unpaired) electrons. The number of rotatable bonds is 10. The zero-order chi connectivity index (χ0) is 27.3. The Labute approximate surface area is 220 Å². The van der Waals surface area contributed by atoms with Crippen molar-refractivity contribution >= 4 is 28.8 Å². The van der Waals surface area contributed by atoms with Gasteiger partial charge in [0.2, 0.25) is 6.41 Å². The zero-order valence-electron chi connectivity index (χ0n) is 22.9. The van der Waals surface area contributed by atoms with Crippen molar-refractivity contribution < 1.29 is 13.9 Å². The van der Waals surface area contributed by atoms with Gasteiger partial charge in [-0.15, -0.1) is 11.3 Å². The van der Waals surface area contributed by atoms with E-state index in [0.29, 0.717) is 12.0 Å². The van der Waals surface area contributed by atoms with Gasteiger partial charge >= 0.3 is 5.76 Å². The summed E-state index contributed by atoms with van der Waals surface area (Å²) < 4.78 is 12.0. The lowest BCUT2D eigenvalue weighted by Gasteiger charge is -2.07. The van der Waals surface area contributed by atoms with Crippen LogP contribution in [0.15, 0.2) is 39.5 Å². The Hall–Kier alpha value is -2.89. The molecular formula is C28H43N3O4S. The van der Waals surface area contributed by atoms with Crippen molar-refractivity contribution in [2.24, 2.45) is 13.0 Å². The van der Waals surface area contributed by atoms with Gasteiger partial charge in [0, 0.05) is 30.0 Å². The van der Waals surface area contributed by atoms with Crippen molar-refractivity contribution in [1.29, 1.82) is 5.26 Å². The molecule has 2 aromatic heterocycles. The van der Waals surface area contributed by atoms with E-state index in [0.717, 1.165) is 36.6 Å². The summed E-state index contributed by atoms with van der Waals surface area (Å²) in [6.45, 7) is 14.8. The third kappa shape index (κ3) is 12.7. The van der Waals surface area contributed by atoms with Gasteiger partial charge in [0.05, 0.1) is 11.6 Å². The van der Waals surface area contributed by atoms with Crippen molar-refractivity contribution in [2.75, 3.05) is 19.8 Å². The highest BCUT2D eigenvalue weighted by Gasteiger charge is 2.08. The van der Waals surface area contributed by atoms with E-state index >= 15 is 0 Å². The van der Waals surface area contributed by atoms with Crippen LogP contribution in [0.2, 0.25) is 0 Å². The molecule has 1 aromatic carbocycles.